The van der Waals surface area contributed by atoms with E-state index in [1.165, 1.54) is 19.2 Å². The molecule has 2 rings (SSSR count). The van der Waals surface area contributed by atoms with Crippen LogP contribution in [0, 0.1) is 5.82 Å². The van der Waals surface area contributed by atoms with Crippen LogP contribution < -0.4 is 10.5 Å². The van der Waals surface area contributed by atoms with Crippen LogP contribution in [0.25, 0.3) is 0 Å². The maximum Gasteiger partial charge on any atom is 0.340 e. The molecule has 120 valence electrons. The summed E-state index contributed by atoms with van der Waals surface area (Å²) in [6.07, 6.45) is 0.408. The number of esters is 1. The molecule has 0 saturated heterocycles. The molecule has 0 saturated carbocycles. The summed E-state index contributed by atoms with van der Waals surface area (Å²) in [4.78, 5) is 22.6. The van der Waals surface area contributed by atoms with E-state index in [1.807, 2.05) is 0 Å². The molecule has 0 aromatic heterocycles. The number of carbonyl (C=O) groups excluding carboxylic acids is 2. The zero-order chi connectivity index (χ0) is 16.8. The first-order valence-corrected chi connectivity index (χ1v) is 6.91. The third kappa shape index (κ3) is 4.06. The number of hydrogen-bond donors (Lipinski definition) is 1. The van der Waals surface area contributed by atoms with Crippen LogP contribution in [0.5, 0.6) is 5.75 Å². The molecule has 1 amide bonds. The normalized spacial score (nSPS) is 10.2. The second kappa shape index (κ2) is 7.40. The molecule has 0 fully saturated rings. The maximum atomic E-state index is 13.8. The molecular weight excluding hydrogens is 301 g/mol. The topological polar surface area (TPSA) is 78.6 Å². The summed E-state index contributed by atoms with van der Waals surface area (Å²) in [6.45, 7) is 0.237. The second-order valence-electron chi connectivity index (χ2n) is 4.76. The molecule has 0 aliphatic heterocycles. The number of amides is 1. The highest BCUT2D eigenvalue weighted by Gasteiger charge is 2.12. The van der Waals surface area contributed by atoms with E-state index in [0.29, 0.717) is 23.3 Å². The molecule has 0 spiro atoms. The fraction of sp³-hybridized carbons (Fsp3) is 0.176. The van der Waals surface area contributed by atoms with E-state index in [4.69, 9.17) is 10.5 Å². The third-order valence-corrected chi connectivity index (χ3v) is 3.24. The standard InChI is InChI=1S/C17H16FNO4/c1-22-17(21)12-7-6-11(10-14(12)18)8-9-23-15-5-3-2-4-13(15)16(19)20/h2-7,10H,8-9H2,1H3,(H2,19,20). The molecule has 0 radical (unpaired) electrons. The average molecular weight is 317 g/mol. The van der Waals surface area contributed by atoms with Gasteiger partial charge in [-0.2, -0.15) is 0 Å². The van der Waals surface area contributed by atoms with Gasteiger partial charge in [0.1, 0.15) is 11.6 Å². The predicted molar refractivity (Wildman–Crippen MR) is 81.9 cm³/mol. The highest BCUT2D eigenvalue weighted by Crippen LogP contribution is 2.18. The number of nitrogens with two attached hydrogens (primary N) is 1. The Labute approximate surface area is 132 Å². The minimum absolute atomic E-state index is 0.115. The number of para-hydroxylation sites is 1. The first-order valence-electron chi connectivity index (χ1n) is 6.91. The van der Waals surface area contributed by atoms with E-state index in [0.717, 1.165) is 0 Å². The smallest absolute Gasteiger partial charge is 0.340 e. The quantitative estimate of drug-likeness (QED) is 0.829. The summed E-state index contributed by atoms with van der Waals surface area (Å²) in [7, 11) is 1.19. The second-order valence-corrected chi connectivity index (χ2v) is 4.76. The Bertz CT molecular complexity index is 730. The summed E-state index contributed by atoms with van der Waals surface area (Å²) in [5, 5.41) is 0. The Kier molecular flexibility index (Phi) is 5.30. The largest absolute Gasteiger partial charge is 0.492 e. The van der Waals surface area contributed by atoms with Crippen LogP contribution >= 0.6 is 0 Å². The van der Waals surface area contributed by atoms with Crippen molar-refractivity contribution < 1.29 is 23.5 Å². The van der Waals surface area contributed by atoms with E-state index < -0.39 is 17.7 Å². The summed E-state index contributed by atoms with van der Waals surface area (Å²) < 4.78 is 23.8. The number of halogens is 1. The van der Waals surface area contributed by atoms with E-state index >= 15 is 0 Å². The van der Waals surface area contributed by atoms with Gasteiger partial charge in [-0.15, -0.1) is 0 Å². The first kappa shape index (κ1) is 16.5. The van der Waals surface area contributed by atoms with Crippen LogP contribution in [-0.4, -0.2) is 25.6 Å². The molecule has 2 N–H and O–H groups in total. The number of rotatable bonds is 6. The summed E-state index contributed by atoms with van der Waals surface area (Å²) in [5.41, 5.74) is 6.10. The molecule has 5 nitrogen and oxygen atoms in total. The lowest BCUT2D eigenvalue weighted by Crippen LogP contribution is -2.13. The van der Waals surface area contributed by atoms with Crippen molar-refractivity contribution in [1.29, 1.82) is 0 Å². The Hall–Kier alpha value is -2.89. The molecule has 0 unspecified atom stereocenters. The van der Waals surface area contributed by atoms with Crippen molar-refractivity contribution in [2.75, 3.05) is 13.7 Å². The van der Waals surface area contributed by atoms with Crippen molar-refractivity contribution in [3.05, 3.63) is 65.0 Å². The highest BCUT2D eigenvalue weighted by molar-refractivity contribution is 5.95. The summed E-state index contributed by atoms with van der Waals surface area (Å²) >= 11 is 0. The molecule has 0 aliphatic rings. The lowest BCUT2D eigenvalue weighted by atomic mass is 10.1. The fourth-order valence-electron chi connectivity index (χ4n) is 2.06. The molecule has 2 aromatic carbocycles. The molecule has 2 aromatic rings. The average Bonchev–Trinajstić information content (AvgIpc) is 2.54. The van der Waals surface area contributed by atoms with Crippen LogP contribution in [0.4, 0.5) is 4.39 Å². The van der Waals surface area contributed by atoms with Gasteiger partial charge in [-0.05, 0) is 29.8 Å². The van der Waals surface area contributed by atoms with E-state index in [-0.39, 0.29) is 12.2 Å². The third-order valence-electron chi connectivity index (χ3n) is 3.24. The molecule has 0 bridgehead atoms. The van der Waals surface area contributed by atoms with Gasteiger partial charge in [0.15, 0.2) is 0 Å². The van der Waals surface area contributed by atoms with Crippen molar-refractivity contribution in [1.82, 2.24) is 0 Å². The molecule has 0 aliphatic carbocycles. The van der Waals surface area contributed by atoms with E-state index in [9.17, 15) is 14.0 Å². The number of benzene rings is 2. The molecule has 23 heavy (non-hydrogen) atoms. The number of ether oxygens (including phenoxy) is 2. The van der Waals surface area contributed by atoms with Crippen molar-refractivity contribution in [3.8, 4) is 5.75 Å². The summed E-state index contributed by atoms with van der Waals surface area (Å²) in [6, 6.07) is 10.9. The van der Waals surface area contributed by atoms with Gasteiger partial charge < -0.3 is 15.2 Å². The Morgan fingerprint density at radius 1 is 1.13 bits per heavy atom. The molecular formula is C17H16FNO4. The SMILES string of the molecule is COC(=O)c1ccc(CCOc2ccccc2C(N)=O)cc1F. The Morgan fingerprint density at radius 2 is 1.87 bits per heavy atom. The molecule has 0 heterocycles. The van der Waals surface area contributed by atoms with E-state index in [1.54, 1.807) is 30.3 Å². The van der Waals surface area contributed by atoms with Gasteiger partial charge >= 0.3 is 5.97 Å². The number of primary amides is 1. The van der Waals surface area contributed by atoms with Crippen LogP contribution in [0.3, 0.4) is 0 Å². The van der Waals surface area contributed by atoms with Gasteiger partial charge in [0.05, 0.1) is 24.8 Å². The molecule has 0 atom stereocenters. The lowest BCUT2D eigenvalue weighted by Gasteiger charge is -2.10. The van der Waals surface area contributed by atoms with Crippen LogP contribution in [0.2, 0.25) is 0 Å². The lowest BCUT2D eigenvalue weighted by molar-refractivity contribution is 0.0595. The zero-order valence-corrected chi connectivity index (χ0v) is 12.5. The van der Waals surface area contributed by atoms with Gasteiger partial charge in [-0.25, -0.2) is 9.18 Å². The van der Waals surface area contributed by atoms with Gasteiger partial charge in [0, 0.05) is 6.42 Å². The Balaban J connectivity index is 2.01. The fourth-order valence-corrected chi connectivity index (χ4v) is 2.06. The van der Waals surface area contributed by atoms with Gasteiger partial charge in [0.25, 0.3) is 5.91 Å². The van der Waals surface area contributed by atoms with Crippen LogP contribution in [-0.2, 0) is 11.2 Å². The van der Waals surface area contributed by atoms with Crippen LogP contribution in [0.15, 0.2) is 42.5 Å². The Morgan fingerprint density at radius 3 is 2.52 bits per heavy atom. The van der Waals surface area contributed by atoms with Gasteiger partial charge in [-0.1, -0.05) is 18.2 Å². The first-order chi connectivity index (χ1) is 11.0. The summed E-state index contributed by atoms with van der Waals surface area (Å²) in [5.74, 6) is -1.56. The van der Waals surface area contributed by atoms with Crippen molar-refractivity contribution >= 4 is 11.9 Å². The van der Waals surface area contributed by atoms with Crippen molar-refractivity contribution in [2.45, 2.75) is 6.42 Å². The highest BCUT2D eigenvalue weighted by atomic mass is 19.1. The predicted octanol–water partition coefficient (Wildman–Crippen LogP) is 2.33. The number of carbonyl (C=O) groups is 2. The minimum Gasteiger partial charge on any atom is -0.492 e. The number of hydrogen-bond acceptors (Lipinski definition) is 4. The zero-order valence-electron chi connectivity index (χ0n) is 12.5. The van der Waals surface area contributed by atoms with Gasteiger partial charge in [-0.3, -0.25) is 4.79 Å². The number of methoxy groups -OCH3 is 1. The van der Waals surface area contributed by atoms with Crippen LogP contribution in [0.1, 0.15) is 26.3 Å². The maximum absolute atomic E-state index is 13.8. The van der Waals surface area contributed by atoms with E-state index in [2.05, 4.69) is 4.74 Å². The van der Waals surface area contributed by atoms with Crippen molar-refractivity contribution in [2.24, 2.45) is 5.73 Å². The monoisotopic (exact) mass is 317 g/mol. The molecule has 6 heteroatoms. The van der Waals surface area contributed by atoms with Crippen molar-refractivity contribution in [3.63, 3.8) is 0 Å². The van der Waals surface area contributed by atoms with Gasteiger partial charge in [0.2, 0.25) is 0 Å². The minimum atomic E-state index is -0.722.